The first-order valence-electron chi connectivity index (χ1n) is 10.9. The highest BCUT2D eigenvalue weighted by atomic mass is 16.5. The zero-order chi connectivity index (χ0) is 20.8. The molecule has 1 aromatic carbocycles. The molecule has 160 valence electrons. The number of aliphatic hydroxyl groups is 1. The van der Waals surface area contributed by atoms with Crippen LogP contribution in [0.2, 0.25) is 0 Å². The largest absolute Gasteiger partial charge is 0.490 e. The molecule has 0 bridgehead atoms. The SMILES string of the molecule is Cc1cccc(C)c1OCC(O)CNC(=O)C1CCCN1C(=O)C1CCCCC1. The molecule has 2 N–H and O–H groups in total. The monoisotopic (exact) mass is 402 g/mol. The van der Waals surface area contributed by atoms with E-state index in [4.69, 9.17) is 4.74 Å². The molecule has 1 aliphatic heterocycles. The van der Waals surface area contributed by atoms with Gasteiger partial charge >= 0.3 is 0 Å². The summed E-state index contributed by atoms with van der Waals surface area (Å²) < 4.78 is 5.76. The zero-order valence-electron chi connectivity index (χ0n) is 17.7. The van der Waals surface area contributed by atoms with Crippen molar-refractivity contribution in [1.82, 2.24) is 10.2 Å². The highest BCUT2D eigenvalue weighted by Crippen LogP contribution is 2.29. The summed E-state index contributed by atoms with van der Waals surface area (Å²) in [6, 6.07) is 5.50. The lowest BCUT2D eigenvalue weighted by Gasteiger charge is -2.30. The summed E-state index contributed by atoms with van der Waals surface area (Å²) in [6.45, 7) is 4.82. The highest BCUT2D eigenvalue weighted by molar-refractivity contribution is 5.89. The highest BCUT2D eigenvalue weighted by Gasteiger charge is 2.37. The molecule has 3 rings (SSSR count). The molecule has 1 aliphatic carbocycles. The van der Waals surface area contributed by atoms with E-state index >= 15 is 0 Å². The second kappa shape index (κ2) is 10.1. The van der Waals surface area contributed by atoms with Crippen molar-refractivity contribution in [2.75, 3.05) is 19.7 Å². The molecule has 1 aromatic rings. The third kappa shape index (κ3) is 5.50. The van der Waals surface area contributed by atoms with Crippen LogP contribution in [0.1, 0.15) is 56.1 Å². The number of amides is 2. The average Bonchev–Trinajstić information content (AvgIpc) is 3.21. The molecule has 1 saturated heterocycles. The molecular formula is C23H34N2O4. The number of nitrogens with zero attached hydrogens (tertiary/aromatic N) is 1. The van der Waals surface area contributed by atoms with E-state index in [9.17, 15) is 14.7 Å². The van der Waals surface area contributed by atoms with Crippen LogP contribution in [-0.4, -0.2) is 53.7 Å². The predicted octanol–water partition coefficient (Wildman–Crippen LogP) is 2.73. The second-order valence-corrected chi connectivity index (χ2v) is 8.46. The number of carbonyl (C=O) groups excluding carboxylic acids is 2. The van der Waals surface area contributed by atoms with Crippen LogP contribution in [0, 0.1) is 19.8 Å². The van der Waals surface area contributed by atoms with Crippen molar-refractivity contribution >= 4 is 11.8 Å². The van der Waals surface area contributed by atoms with Gasteiger partial charge in [-0.05, 0) is 50.7 Å². The fourth-order valence-corrected chi connectivity index (χ4v) is 4.49. The Morgan fingerprint density at radius 1 is 1.14 bits per heavy atom. The number of hydrogen-bond acceptors (Lipinski definition) is 4. The lowest BCUT2D eigenvalue weighted by molar-refractivity contribution is -0.142. The van der Waals surface area contributed by atoms with Gasteiger partial charge in [-0.1, -0.05) is 37.5 Å². The van der Waals surface area contributed by atoms with E-state index < -0.39 is 12.1 Å². The smallest absolute Gasteiger partial charge is 0.242 e. The van der Waals surface area contributed by atoms with Crippen LogP contribution in [0.5, 0.6) is 5.75 Å². The fourth-order valence-electron chi connectivity index (χ4n) is 4.49. The molecule has 29 heavy (non-hydrogen) atoms. The van der Waals surface area contributed by atoms with Crippen LogP contribution in [0.3, 0.4) is 0 Å². The number of hydrogen-bond donors (Lipinski definition) is 2. The van der Waals surface area contributed by atoms with E-state index in [1.807, 2.05) is 32.0 Å². The predicted molar refractivity (Wildman–Crippen MR) is 112 cm³/mol. The van der Waals surface area contributed by atoms with Crippen LogP contribution in [0.25, 0.3) is 0 Å². The van der Waals surface area contributed by atoms with Gasteiger partial charge in [0.15, 0.2) is 0 Å². The van der Waals surface area contributed by atoms with Crippen LogP contribution >= 0.6 is 0 Å². The number of likely N-dealkylation sites (tertiary alicyclic amines) is 1. The molecule has 2 atom stereocenters. The zero-order valence-corrected chi connectivity index (χ0v) is 17.7. The Balaban J connectivity index is 1.47. The summed E-state index contributed by atoms with van der Waals surface area (Å²) in [5, 5.41) is 13.1. The maximum atomic E-state index is 12.9. The molecule has 2 unspecified atom stereocenters. The van der Waals surface area contributed by atoms with Gasteiger partial charge in [-0.15, -0.1) is 0 Å². The molecule has 2 aliphatic rings. The van der Waals surface area contributed by atoms with Crippen molar-refractivity contribution in [2.24, 2.45) is 5.92 Å². The van der Waals surface area contributed by atoms with Crippen LogP contribution in [0.4, 0.5) is 0 Å². The third-order valence-electron chi connectivity index (χ3n) is 6.13. The maximum Gasteiger partial charge on any atom is 0.242 e. The van der Waals surface area contributed by atoms with E-state index in [2.05, 4.69) is 5.32 Å². The van der Waals surface area contributed by atoms with Gasteiger partial charge < -0.3 is 20.1 Å². The van der Waals surface area contributed by atoms with Crippen LogP contribution in [0.15, 0.2) is 18.2 Å². The number of ether oxygens (including phenoxy) is 1. The normalized spacial score (nSPS) is 21.1. The van der Waals surface area contributed by atoms with Gasteiger partial charge in [-0.2, -0.15) is 0 Å². The number of benzene rings is 1. The van der Waals surface area contributed by atoms with Crippen molar-refractivity contribution in [3.05, 3.63) is 29.3 Å². The third-order valence-corrected chi connectivity index (χ3v) is 6.13. The molecule has 0 radical (unpaired) electrons. The molecule has 0 aromatic heterocycles. The first kappa shape index (κ1) is 21.6. The summed E-state index contributed by atoms with van der Waals surface area (Å²) in [7, 11) is 0. The first-order chi connectivity index (χ1) is 14.0. The maximum absolute atomic E-state index is 12.9. The van der Waals surface area contributed by atoms with E-state index in [1.54, 1.807) is 4.90 Å². The molecule has 6 nitrogen and oxygen atoms in total. The van der Waals surface area contributed by atoms with E-state index in [0.717, 1.165) is 49.0 Å². The lowest BCUT2D eigenvalue weighted by atomic mass is 9.88. The van der Waals surface area contributed by atoms with Crippen molar-refractivity contribution in [3.63, 3.8) is 0 Å². The number of carbonyl (C=O) groups is 2. The lowest BCUT2D eigenvalue weighted by Crippen LogP contribution is -2.49. The topological polar surface area (TPSA) is 78.9 Å². The minimum Gasteiger partial charge on any atom is -0.490 e. The number of aliphatic hydroxyl groups excluding tert-OH is 1. The second-order valence-electron chi connectivity index (χ2n) is 8.46. The van der Waals surface area contributed by atoms with Gasteiger partial charge in [-0.25, -0.2) is 0 Å². The quantitative estimate of drug-likeness (QED) is 0.735. The minimum atomic E-state index is -0.804. The number of rotatable bonds is 7. The van der Waals surface area contributed by atoms with E-state index in [-0.39, 0.29) is 30.9 Å². The molecular weight excluding hydrogens is 368 g/mol. The van der Waals surface area contributed by atoms with Gasteiger partial charge in [0.25, 0.3) is 0 Å². The van der Waals surface area contributed by atoms with Gasteiger partial charge in [0.1, 0.15) is 24.5 Å². The van der Waals surface area contributed by atoms with Crippen molar-refractivity contribution in [3.8, 4) is 5.75 Å². The van der Waals surface area contributed by atoms with Gasteiger partial charge in [0.2, 0.25) is 11.8 Å². The molecule has 1 heterocycles. The molecule has 0 spiro atoms. The van der Waals surface area contributed by atoms with Crippen molar-refractivity contribution < 1.29 is 19.4 Å². The minimum absolute atomic E-state index is 0.0773. The van der Waals surface area contributed by atoms with E-state index in [1.165, 1.54) is 6.42 Å². The standard InChI is InChI=1S/C23H34N2O4/c1-16-8-6-9-17(2)21(16)29-15-19(26)14-24-22(27)20-12-7-13-25(20)23(28)18-10-4-3-5-11-18/h6,8-9,18-20,26H,3-5,7,10-15H2,1-2H3,(H,24,27). The molecule has 2 amide bonds. The summed E-state index contributed by atoms with van der Waals surface area (Å²) in [4.78, 5) is 27.3. The number of aryl methyl sites for hydroxylation is 2. The Morgan fingerprint density at radius 2 is 1.83 bits per heavy atom. The van der Waals surface area contributed by atoms with Crippen LogP contribution in [-0.2, 0) is 9.59 Å². The molecule has 6 heteroatoms. The Kier molecular flexibility index (Phi) is 7.53. The molecule has 2 fully saturated rings. The van der Waals surface area contributed by atoms with Gasteiger partial charge in [-0.3, -0.25) is 9.59 Å². The molecule has 1 saturated carbocycles. The fraction of sp³-hybridized carbons (Fsp3) is 0.652. The van der Waals surface area contributed by atoms with Crippen LogP contribution < -0.4 is 10.1 Å². The first-order valence-corrected chi connectivity index (χ1v) is 10.9. The Hall–Kier alpha value is -2.08. The average molecular weight is 403 g/mol. The number of para-hydroxylation sites is 1. The summed E-state index contributed by atoms with van der Waals surface area (Å²) in [5.74, 6) is 0.824. The Morgan fingerprint density at radius 3 is 2.52 bits per heavy atom. The number of nitrogens with one attached hydrogen (secondary N) is 1. The Bertz CT molecular complexity index is 695. The summed E-state index contributed by atoms with van der Waals surface area (Å²) >= 11 is 0. The Labute approximate surface area is 173 Å². The van der Waals surface area contributed by atoms with Gasteiger partial charge in [0.05, 0.1) is 0 Å². The summed E-state index contributed by atoms with van der Waals surface area (Å²) in [5.41, 5.74) is 2.04. The van der Waals surface area contributed by atoms with E-state index in [0.29, 0.717) is 13.0 Å². The van der Waals surface area contributed by atoms with Crippen molar-refractivity contribution in [1.29, 1.82) is 0 Å². The van der Waals surface area contributed by atoms with Crippen molar-refractivity contribution in [2.45, 2.75) is 70.9 Å². The summed E-state index contributed by atoms with van der Waals surface area (Å²) in [6.07, 6.45) is 6.04. The van der Waals surface area contributed by atoms with Gasteiger partial charge in [0, 0.05) is 19.0 Å².